The third kappa shape index (κ3) is 3.74. The molecular weight excluding hydrogens is 456 g/mol. The van der Waals surface area contributed by atoms with Crippen LogP contribution >= 0.6 is 11.3 Å². The number of likely N-dealkylation sites (tertiary alicyclic amines) is 1. The normalized spacial score (nSPS) is 20.8. The monoisotopic (exact) mass is 484 g/mol. The molecule has 2 fully saturated rings. The van der Waals surface area contributed by atoms with Gasteiger partial charge in [-0.3, -0.25) is 14.0 Å². The van der Waals surface area contributed by atoms with Crippen LogP contribution in [0.1, 0.15) is 44.1 Å². The average Bonchev–Trinajstić information content (AvgIpc) is 3.15. The number of nitrogens with zero attached hydrogens (tertiary/aromatic N) is 3. The van der Waals surface area contributed by atoms with Gasteiger partial charge in [0, 0.05) is 30.2 Å². The zero-order valence-corrected chi connectivity index (χ0v) is 20.9. The number of hydrogen-bond acceptors (Lipinski definition) is 4. The first kappa shape index (κ1) is 22.0. The Morgan fingerprint density at radius 1 is 1.11 bits per heavy atom. The van der Waals surface area contributed by atoms with E-state index in [2.05, 4.69) is 42.3 Å². The number of fused-ring (bicyclic) bond motifs is 2. The second-order valence-corrected chi connectivity index (χ2v) is 10.7. The van der Waals surface area contributed by atoms with E-state index < -0.39 is 0 Å². The highest BCUT2D eigenvalue weighted by Crippen LogP contribution is 2.50. The van der Waals surface area contributed by atoms with Gasteiger partial charge in [-0.1, -0.05) is 36.4 Å². The summed E-state index contributed by atoms with van der Waals surface area (Å²) in [6.07, 6.45) is 3.00. The minimum atomic E-state index is -0.138. The number of rotatable bonds is 5. The summed E-state index contributed by atoms with van der Waals surface area (Å²) < 4.78 is 1.84. The zero-order valence-electron chi connectivity index (χ0n) is 20.1. The Hall–Kier alpha value is -3.45. The second-order valence-electron chi connectivity index (χ2n) is 9.84. The molecule has 2 aliphatic rings. The number of nitrogens with one attached hydrogen (secondary N) is 1. The van der Waals surface area contributed by atoms with Crippen molar-refractivity contribution in [3.05, 3.63) is 82.1 Å². The van der Waals surface area contributed by atoms with E-state index >= 15 is 0 Å². The van der Waals surface area contributed by atoms with E-state index in [1.807, 2.05) is 52.1 Å². The molecule has 1 saturated carbocycles. The number of imidazole rings is 1. The smallest absolute Gasteiger partial charge is 0.270 e. The van der Waals surface area contributed by atoms with Crippen molar-refractivity contribution < 1.29 is 9.59 Å². The molecule has 0 radical (unpaired) electrons. The van der Waals surface area contributed by atoms with Gasteiger partial charge in [-0.15, -0.1) is 11.3 Å². The molecule has 1 aliphatic heterocycles. The number of piperidine rings is 1. The number of carbonyl (C=O) groups excluding carboxylic acids is 2. The van der Waals surface area contributed by atoms with Crippen LogP contribution in [-0.2, 0) is 0 Å². The van der Waals surface area contributed by atoms with Crippen molar-refractivity contribution in [1.29, 1.82) is 0 Å². The molecule has 1 N–H and O–H groups in total. The lowest BCUT2D eigenvalue weighted by Crippen LogP contribution is -2.45. The van der Waals surface area contributed by atoms with Gasteiger partial charge in [-0.25, -0.2) is 4.98 Å². The highest BCUT2D eigenvalue weighted by molar-refractivity contribution is 7.15. The second kappa shape index (κ2) is 8.34. The molecule has 0 spiro atoms. The van der Waals surface area contributed by atoms with Gasteiger partial charge in [0.15, 0.2) is 4.96 Å². The van der Waals surface area contributed by atoms with E-state index in [-0.39, 0.29) is 17.9 Å². The Bertz CT molecular complexity index is 1470. The largest absolute Gasteiger partial charge is 0.349 e. The van der Waals surface area contributed by atoms with Crippen LogP contribution in [0.3, 0.4) is 0 Å². The first-order valence-corrected chi connectivity index (χ1v) is 13.0. The number of carbonyl (C=O) groups is 2. The molecule has 1 aliphatic carbocycles. The number of aryl methyl sites for hydroxylation is 3. The van der Waals surface area contributed by atoms with E-state index in [0.29, 0.717) is 24.1 Å². The summed E-state index contributed by atoms with van der Waals surface area (Å²) in [5, 5.41) is 5.04. The van der Waals surface area contributed by atoms with Gasteiger partial charge in [0.25, 0.3) is 11.8 Å². The predicted molar refractivity (Wildman–Crippen MR) is 138 cm³/mol. The van der Waals surface area contributed by atoms with Crippen molar-refractivity contribution in [2.24, 2.45) is 11.8 Å². The van der Waals surface area contributed by atoms with Gasteiger partial charge < -0.3 is 10.2 Å². The fourth-order valence-corrected chi connectivity index (χ4v) is 6.26. The number of aromatic nitrogens is 2. The van der Waals surface area contributed by atoms with Crippen molar-refractivity contribution in [3.63, 3.8) is 0 Å². The van der Waals surface area contributed by atoms with E-state index in [9.17, 15) is 9.59 Å². The zero-order chi connectivity index (χ0) is 24.3. The van der Waals surface area contributed by atoms with Gasteiger partial charge in [0.2, 0.25) is 0 Å². The molecule has 0 unspecified atom stereocenters. The van der Waals surface area contributed by atoms with Gasteiger partial charge in [0.1, 0.15) is 5.69 Å². The maximum Gasteiger partial charge on any atom is 0.270 e. The molecule has 4 aromatic rings. The van der Waals surface area contributed by atoms with Crippen LogP contribution in [0.4, 0.5) is 0 Å². The van der Waals surface area contributed by atoms with Crippen LogP contribution in [-0.4, -0.2) is 45.2 Å². The molecule has 3 atom stereocenters. The average molecular weight is 485 g/mol. The van der Waals surface area contributed by atoms with Crippen LogP contribution in [0.15, 0.2) is 54.0 Å². The van der Waals surface area contributed by atoms with Crippen molar-refractivity contribution in [1.82, 2.24) is 19.6 Å². The topological polar surface area (TPSA) is 66.7 Å². The third-order valence-corrected chi connectivity index (χ3v) is 8.42. The van der Waals surface area contributed by atoms with Crippen LogP contribution in [0.2, 0.25) is 0 Å². The number of amides is 2. The first-order valence-electron chi connectivity index (χ1n) is 12.1. The Labute approximate surface area is 208 Å². The van der Waals surface area contributed by atoms with E-state index in [1.165, 1.54) is 22.5 Å². The Morgan fingerprint density at radius 3 is 2.77 bits per heavy atom. The fraction of sp³-hybridized carbons (Fsp3) is 0.321. The molecule has 2 amide bonds. The molecule has 35 heavy (non-hydrogen) atoms. The molecule has 0 bridgehead atoms. The number of hydrogen-bond donors (Lipinski definition) is 1. The quantitative estimate of drug-likeness (QED) is 0.439. The Kier molecular flexibility index (Phi) is 5.25. The highest BCUT2D eigenvalue weighted by atomic mass is 32.1. The van der Waals surface area contributed by atoms with Crippen LogP contribution in [0, 0.1) is 32.6 Å². The summed E-state index contributed by atoms with van der Waals surface area (Å²) in [5.74, 6) is 0.905. The molecule has 1 saturated heterocycles. The van der Waals surface area contributed by atoms with Gasteiger partial charge in [-0.05, 0) is 67.3 Å². The number of benzene rings is 2. The van der Waals surface area contributed by atoms with Gasteiger partial charge in [-0.2, -0.15) is 0 Å². The molecule has 2 aromatic heterocycles. The van der Waals surface area contributed by atoms with Crippen LogP contribution < -0.4 is 5.32 Å². The number of thiazole rings is 1. The van der Waals surface area contributed by atoms with Crippen molar-refractivity contribution in [2.45, 2.75) is 33.2 Å². The first-order chi connectivity index (χ1) is 16.9. The Morgan fingerprint density at radius 2 is 1.94 bits per heavy atom. The SMILES string of the molecule is Cc1ccc(-c2ccccc2C(=O)N2C[C@@H]3C[C@@H]3[C@H]2CNC(=O)c2c(C)nc3sccn23)cc1C. The third-order valence-electron chi connectivity index (χ3n) is 7.66. The maximum atomic E-state index is 13.8. The highest BCUT2D eigenvalue weighted by Gasteiger charge is 2.54. The van der Waals surface area contributed by atoms with Crippen molar-refractivity contribution in [2.75, 3.05) is 13.1 Å². The summed E-state index contributed by atoms with van der Waals surface area (Å²) in [7, 11) is 0. The minimum absolute atomic E-state index is 0.00968. The van der Waals surface area contributed by atoms with Crippen LogP contribution in [0.5, 0.6) is 0 Å². The minimum Gasteiger partial charge on any atom is -0.349 e. The summed E-state index contributed by atoms with van der Waals surface area (Å²) in [6.45, 7) is 7.27. The molecule has 6 rings (SSSR count). The lowest BCUT2D eigenvalue weighted by atomic mass is 9.95. The van der Waals surface area contributed by atoms with E-state index in [1.54, 1.807) is 0 Å². The standard InChI is InChI=1S/C28H28N4O2S/c1-16-8-9-19(12-17(16)2)21-6-4-5-7-22(21)27(34)32-15-20-13-23(20)24(32)14-29-26(33)25-18(3)30-28-31(25)10-11-35-28/h4-12,20,23-24H,13-15H2,1-3H3,(H,29,33)/t20-,23-,24+/m0/s1. The fourth-order valence-electron chi connectivity index (χ4n) is 5.50. The van der Waals surface area contributed by atoms with Crippen LogP contribution in [0.25, 0.3) is 16.1 Å². The van der Waals surface area contributed by atoms with Gasteiger partial charge >= 0.3 is 0 Å². The Balaban J connectivity index is 1.24. The van der Waals surface area contributed by atoms with E-state index in [0.717, 1.165) is 40.3 Å². The van der Waals surface area contributed by atoms with Crippen molar-refractivity contribution in [3.8, 4) is 11.1 Å². The van der Waals surface area contributed by atoms with Gasteiger partial charge in [0.05, 0.1) is 11.7 Å². The molecular formula is C28H28N4O2S. The van der Waals surface area contributed by atoms with Crippen molar-refractivity contribution >= 4 is 28.1 Å². The maximum absolute atomic E-state index is 13.8. The summed E-state index contributed by atoms with van der Waals surface area (Å²) in [4.78, 5) is 34.2. The lowest BCUT2D eigenvalue weighted by Gasteiger charge is -2.28. The molecule has 6 nitrogen and oxygen atoms in total. The molecule has 7 heteroatoms. The van der Waals surface area contributed by atoms with E-state index in [4.69, 9.17) is 0 Å². The summed E-state index contributed by atoms with van der Waals surface area (Å²) >= 11 is 1.51. The molecule has 178 valence electrons. The molecule has 2 aromatic carbocycles. The lowest BCUT2D eigenvalue weighted by molar-refractivity contribution is 0.0695. The predicted octanol–water partition coefficient (Wildman–Crippen LogP) is 4.88. The summed E-state index contributed by atoms with van der Waals surface area (Å²) in [6, 6.07) is 14.2. The molecule has 3 heterocycles. The summed E-state index contributed by atoms with van der Waals surface area (Å²) in [5.41, 5.74) is 6.48.